The minimum Gasteiger partial charge on any atom is -0.450 e. The number of carbonyl (C=O) groups excluding carboxylic acids is 1. The van der Waals surface area contributed by atoms with Gasteiger partial charge < -0.3 is 9.47 Å². The Kier molecular flexibility index (Phi) is 7.49. The van der Waals surface area contributed by atoms with Crippen LogP contribution in [0.1, 0.15) is 38.2 Å². The molecule has 26 heavy (non-hydrogen) atoms. The summed E-state index contributed by atoms with van der Waals surface area (Å²) in [7, 11) is 0.599. The molecule has 0 saturated carbocycles. The van der Waals surface area contributed by atoms with Gasteiger partial charge in [-0.05, 0) is 12.8 Å². The Hall–Kier alpha value is -1.77. The molecule has 0 aromatic heterocycles. The highest BCUT2D eigenvalue weighted by Crippen LogP contribution is 2.44. The average Bonchev–Trinajstić information content (AvgIpc) is 2.54. The molecule has 0 aliphatic rings. The summed E-state index contributed by atoms with van der Waals surface area (Å²) in [6.45, 7) is 1.75. The van der Waals surface area contributed by atoms with Crippen LogP contribution in [-0.4, -0.2) is 31.5 Å². The van der Waals surface area contributed by atoms with Crippen LogP contribution in [0, 0.1) is 0 Å². The number of benzene rings is 1. The van der Waals surface area contributed by atoms with E-state index < -0.39 is 42.0 Å². The fraction of sp³-hybridized carbons (Fsp3) is 0.588. The van der Waals surface area contributed by atoms with Crippen molar-refractivity contribution in [3.8, 4) is 0 Å². The molecule has 0 saturated heterocycles. The number of esters is 1. The Morgan fingerprint density at radius 2 is 1.62 bits per heavy atom. The fourth-order valence-electron chi connectivity index (χ4n) is 2.47. The summed E-state index contributed by atoms with van der Waals surface area (Å²) in [4.78, 5) is 12.3. The van der Waals surface area contributed by atoms with E-state index in [-0.39, 0.29) is 6.42 Å². The third-order valence-electron chi connectivity index (χ3n) is 3.86. The van der Waals surface area contributed by atoms with Crippen molar-refractivity contribution in [1.29, 1.82) is 0 Å². The van der Waals surface area contributed by atoms with Gasteiger partial charge in [0.05, 0.1) is 0 Å². The van der Waals surface area contributed by atoms with Gasteiger partial charge in [0, 0.05) is 12.7 Å². The van der Waals surface area contributed by atoms with Crippen LogP contribution in [0.4, 0.5) is 26.3 Å². The summed E-state index contributed by atoms with van der Waals surface area (Å²) in [6, 6.07) is 5.71. The van der Waals surface area contributed by atoms with Crippen LogP contribution in [0.2, 0.25) is 0 Å². The molecule has 1 aromatic carbocycles. The molecule has 0 aliphatic heterocycles. The molecule has 0 spiro atoms. The molecule has 0 heterocycles. The number of halogens is 6. The fourth-order valence-corrected chi connectivity index (χ4v) is 2.47. The standard InChI is InChI=1S/C17H20F6O3/c1-3-4-6-11-13(16(18,19)20)26-14(24)15(25-2,17(21,22)23)12-9-7-5-8-10-12/h5,7-10,13H,3-4,6,11H2,1-2H3/t13-,15+/m1/s1. The molecule has 0 radical (unpaired) electrons. The Bertz CT molecular complexity index is 570. The Morgan fingerprint density at radius 3 is 2.04 bits per heavy atom. The van der Waals surface area contributed by atoms with Crippen molar-refractivity contribution in [1.82, 2.24) is 0 Å². The number of ether oxygens (including phenoxy) is 2. The zero-order chi connectivity index (χ0) is 20.0. The Morgan fingerprint density at radius 1 is 1.04 bits per heavy atom. The molecule has 9 heteroatoms. The largest absolute Gasteiger partial charge is 0.450 e. The lowest BCUT2D eigenvalue weighted by Crippen LogP contribution is -2.53. The molecule has 2 atom stereocenters. The van der Waals surface area contributed by atoms with Gasteiger partial charge in [-0.25, -0.2) is 4.79 Å². The number of alkyl halides is 6. The van der Waals surface area contributed by atoms with Crippen molar-refractivity contribution in [2.45, 2.75) is 56.7 Å². The van der Waals surface area contributed by atoms with E-state index in [9.17, 15) is 31.1 Å². The number of hydrogen-bond donors (Lipinski definition) is 0. The number of unbranched alkanes of at least 4 members (excludes halogenated alkanes) is 2. The SMILES string of the molecule is CCCCC[C@@H](OC(=O)[C@@](OC)(c1ccccc1)C(F)(F)F)C(F)(F)F. The summed E-state index contributed by atoms with van der Waals surface area (Å²) < 4.78 is 89.0. The van der Waals surface area contributed by atoms with Crippen LogP contribution >= 0.6 is 0 Å². The van der Waals surface area contributed by atoms with Crippen LogP contribution in [-0.2, 0) is 19.9 Å². The molecule has 1 rings (SSSR count). The lowest BCUT2D eigenvalue weighted by Gasteiger charge is -2.34. The van der Waals surface area contributed by atoms with E-state index in [1.54, 1.807) is 6.92 Å². The molecule has 0 bridgehead atoms. The molecule has 0 amide bonds. The maximum atomic E-state index is 13.7. The summed E-state index contributed by atoms with van der Waals surface area (Å²) in [5, 5.41) is 0. The van der Waals surface area contributed by atoms with E-state index in [0.717, 1.165) is 12.1 Å². The van der Waals surface area contributed by atoms with Crippen molar-refractivity contribution < 1.29 is 40.6 Å². The van der Waals surface area contributed by atoms with Crippen LogP contribution in [0.3, 0.4) is 0 Å². The minimum atomic E-state index is -5.32. The molecule has 1 aromatic rings. The molecular weight excluding hydrogens is 366 g/mol. The first-order valence-corrected chi connectivity index (χ1v) is 7.95. The van der Waals surface area contributed by atoms with Gasteiger partial charge in [-0.15, -0.1) is 0 Å². The molecule has 3 nitrogen and oxygen atoms in total. The third-order valence-corrected chi connectivity index (χ3v) is 3.86. The number of methoxy groups -OCH3 is 1. The highest BCUT2D eigenvalue weighted by Gasteiger charge is 2.65. The van der Waals surface area contributed by atoms with Crippen molar-refractivity contribution in [2.24, 2.45) is 0 Å². The predicted molar refractivity (Wildman–Crippen MR) is 81.3 cm³/mol. The van der Waals surface area contributed by atoms with Crippen LogP contribution in [0.25, 0.3) is 0 Å². The van der Waals surface area contributed by atoms with E-state index in [2.05, 4.69) is 9.47 Å². The summed E-state index contributed by atoms with van der Waals surface area (Å²) in [5.41, 5.74) is -4.29. The predicted octanol–water partition coefficient (Wildman–Crippen LogP) is 5.15. The van der Waals surface area contributed by atoms with Gasteiger partial charge in [0.15, 0.2) is 6.10 Å². The van der Waals surface area contributed by atoms with Crippen LogP contribution in [0.15, 0.2) is 30.3 Å². The Balaban J connectivity index is 3.23. The summed E-state index contributed by atoms with van der Waals surface area (Å²) in [6.07, 6.45) is -12.5. The second-order valence-corrected chi connectivity index (χ2v) is 5.68. The highest BCUT2D eigenvalue weighted by molar-refractivity contribution is 5.82. The van der Waals surface area contributed by atoms with Crippen LogP contribution < -0.4 is 0 Å². The van der Waals surface area contributed by atoms with Gasteiger partial charge in [-0.2, -0.15) is 26.3 Å². The topological polar surface area (TPSA) is 35.5 Å². The summed E-state index contributed by atoms with van der Waals surface area (Å²) in [5.74, 6) is -2.14. The lowest BCUT2D eigenvalue weighted by molar-refractivity contribution is -0.288. The zero-order valence-corrected chi connectivity index (χ0v) is 14.3. The van der Waals surface area contributed by atoms with Crippen molar-refractivity contribution in [2.75, 3.05) is 7.11 Å². The van der Waals surface area contributed by atoms with E-state index in [1.165, 1.54) is 18.2 Å². The average molecular weight is 386 g/mol. The van der Waals surface area contributed by atoms with E-state index in [0.29, 0.717) is 20.0 Å². The van der Waals surface area contributed by atoms with Crippen molar-refractivity contribution in [3.05, 3.63) is 35.9 Å². The monoisotopic (exact) mass is 386 g/mol. The van der Waals surface area contributed by atoms with E-state index >= 15 is 0 Å². The smallest absolute Gasteiger partial charge is 0.432 e. The molecular formula is C17H20F6O3. The molecule has 148 valence electrons. The first-order valence-electron chi connectivity index (χ1n) is 7.95. The van der Waals surface area contributed by atoms with Gasteiger partial charge in [0.25, 0.3) is 5.60 Å². The zero-order valence-electron chi connectivity index (χ0n) is 14.3. The second kappa shape index (κ2) is 8.75. The molecule has 0 aliphatic carbocycles. The minimum absolute atomic E-state index is 0.0608. The quantitative estimate of drug-likeness (QED) is 0.352. The number of hydrogen-bond acceptors (Lipinski definition) is 3. The highest BCUT2D eigenvalue weighted by atomic mass is 19.4. The first kappa shape index (κ1) is 22.3. The maximum Gasteiger partial charge on any atom is 0.432 e. The van der Waals surface area contributed by atoms with Gasteiger partial charge in [0.1, 0.15) is 0 Å². The van der Waals surface area contributed by atoms with Gasteiger partial charge in [-0.1, -0.05) is 50.1 Å². The second-order valence-electron chi connectivity index (χ2n) is 5.68. The van der Waals surface area contributed by atoms with Crippen LogP contribution in [0.5, 0.6) is 0 Å². The van der Waals surface area contributed by atoms with Crippen molar-refractivity contribution >= 4 is 5.97 Å². The molecule has 0 fully saturated rings. The van der Waals surface area contributed by atoms with Crippen molar-refractivity contribution in [3.63, 3.8) is 0 Å². The first-order chi connectivity index (χ1) is 12.0. The summed E-state index contributed by atoms with van der Waals surface area (Å²) >= 11 is 0. The normalized spacial score (nSPS) is 16.0. The maximum absolute atomic E-state index is 13.7. The number of carbonyl (C=O) groups is 1. The third kappa shape index (κ3) is 4.90. The number of rotatable bonds is 8. The van der Waals surface area contributed by atoms with Gasteiger partial charge in [-0.3, -0.25) is 0 Å². The van der Waals surface area contributed by atoms with Gasteiger partial charge >= 0.3 is 18.3 Å². The van der Waals surface area contributed by atoms with E-state index in [1.807, 2.05) is 0 Å². The molecule has 0 N–H and O–H groups in total. The van der Waals surface area contributed by atoms with Gasteiger partial charge in [0.2, 0.25) is 0 Å². The lowest BCUT2D eigenvalue weighted by atomic mass is 9.92. The molecule has 0 unspecified atom stereocenters. The van der Waals surface area contributed by atoms with E-state index in [4.69, 9.17) is 0 Å². The Labute approximate surface area is 147 Å².